The van der Waals surface area contributed by atoms with Gasteiger partial charge in [-0.1, -0.05) is 0 Å². The quantitative estimate of drug-likeness (QED) is 0.155. The van der Waals surface area contributed by atoms with E-state index in [0.29, 0.717) is 24.4 Å². The summed E-state index contributed by atoms with van der Waals surface area (Å²) in [6.45, 7) is 1.29. The number of carbonyl (C=O) groups is 2. The first-order chi connectivity index (χ1) is 12.8. The van der Waals surface area contributed by atoms with Crippen LogP contribution in [0.25, 0.3) is 0 Å². The number of halogens is 5. The van der Waals surface area contributed by atoms with Crippen molar-refractivity contribution in [3.05, 3.63) is 76.8 Å². The van der Waals surface area contributed by atoms with Crippen molar-refractivity contribution >= 4 is 17.4 Å². The molecule has 2 aromatic rings. The molecule has 0 fully saturated rings. The third-order valence-corrected chi connectivity index (χ3v) is 3.32. The fraction of sp³-hybridized carbons (Fsp3) is 0.111. The third kappa shape index (κ3) is 4.49. The van der Waals surface area contributed by atoms with Crippen LogP contribution in [-0.2, 0) is 9.53 Å². The molecule has 0 unspecified atom stereocenters. The number of benzene rings is 2. The van der Waals surface area contributed by atoms with E-state index in [9.17, 15) is 31.5 Å². The lowest BCUT2D eigenvalue weighted by atomic mass is 10.0. The van der Waals surface area contributed by atoms with E-state index in [0.717, 1.165) is 12.1 Å². The molecule has 27 heavy (non-hydrogen) atoms. The second-order valence-electron chi connectivity index (χ2n) is 5.10. The lowest BCUT2D eigenvalue weighted by molar-refractivity contribution is -0.138. The average molecular weight is 385 g/mol. The summed E-state index contributed by atoms with van der Waals surface area (Å²) >= 11 is 0. The summed E-state index contributed by atoms with van der Waals surface area (Å²) in [6, 6.07) is 3.63. The SMILES string of the molecule is CCOC(=O)C(=CNc1ccc(F)cc1F)C(=O)c1ccc(F)c(F)c1F. The van der Waals surface area contributed by atoms with E-state index in [2.05, 4.69) is 10.1 Å². The van der Waals surface area contributed by atoms with Crippen molar-refractivity contribution in [2.45, 2.75) is 6.92 Å². The van der Waals surface area contributed by atoms with Crippen LogP contribution in [0.5, 0.6) is 0 Å². The molecule has 0 saturated carbocycles. The topological polar surface area (TPSA) is 55.4 Å². The van der Waals surface area contributed by atoms with Gasteiger partial charge in [0.15, 0.2) is 17.5 Å². The smallest absolute Gasteiger partial charge is 0.343 e. The minimum atomic E-state index is -1.89. The molecular weight excluding hydrogens is 373 g/mol. The number of esters is 1. The normalized spacial score (nSPS) is 11.3. The summed E-state index contributed by atoms with van der Waals surface area (Å²) in [4.78, 5) is 24.4. The average Bonchev–Trinajstić information content (AvgIpc) is 2.61. The van der Waals surface area contributed by atoms with Gasteiger partial charge in [0.2, 0.25) is 5.78 Å². The number of Topliss-reactive ketones (excluding diaryl/α,β-unsaturated/α-hetero) is 1. The first-order valence-electron chi connectivity index (χ1n) is 7.53. The molecule has 2 aromatic carbocycles. The Morgan fingerprint density at radius 1 is 1.00 bits per heavy atom. The zero-order chi connectivity index (χ0) is 20.1. The van der Waals surface area contributed by atoms with Gasteiger partial charge in [0.1, 0.15) is 17.2 Å². The van der Waals surface area contributed by atoms with Gasteiger partial charge in [-0.2, -0.15) is 0 Å². The zero-order valence-corrected chi connectivity index (χ0v) is 13.8. The lowest BCUT2D eigenvalue weighted by Crippen LogP contribution is -2.19. The first kappa shape index (κ1) is 20.1. The monoisotopic (exact) mass is 385 g/mol. The highest BCUT2D eigenvalue weighted by molar-refractivity contribution is 6.24. The molecular formula is C18H12F5NO3. The van der Waals surface area contributed by atoms with Crippen LogP contribution in [0.1, 0.15) is 17.3 Å². The standard InChI is InChI=1S/C18H12F5NO3/c1-2-27-18(26)11(8-24-14-6-3-9(19)7-13(14)21)17(25)10-4-5-12(20)16(23)15(10)22/h3-8,24H,2H2,1H3. The van der Waals surface area contributed by atoms with Crippen molar-refractivity contribution in [3.8, 4) is 0 Å². The number of hydrogen-bond donors (Lipinski definition) is 1. The number of carbonyl (C=O) groups excluding carboxylic acids is 2. The summed E-state index contributed by atoms with van der Waals surface area (Å²) in [5.41, 5.74) is -2.02. The van der Waals surface area contributed by atoms with Crippen LogP contribution in [-0.4, -0.2) is 18.4 Å². The van der Waals surface area contributed by atoms with Gasteiger partial charge in [0, 0.05) is 12.3 Å². The Bertz CT molecular complexity index is 927. The molecule has 0 radical (unpaired) electrons. The molecule has 142 valence electrons. The Labute approximate surface area is 150 Å². The maximum absolute atomic E-state index is 13.9. The third-order valence-electron chi connectivity index (χ3n) is 3.32. The van der Waals surface area contributed by atoms with E-state index in [1.807, 2.05) is 0 Å². The number of anilines is 1. The van der Waals surface area contributed by atoms with Crippen LogP contribution in [0, 0.1) is 29.1 Å². The van der Waals surface area contributed by atoms with Crippen molar-refractivity contribution in [2.75, 3.05) is 11.9 Å². The minimum absolute atomic E-state index is 0.144. The van der Waals surface area contributed by atoms with E-state index < -0.39 is 52.0 Å². The Morgan fingerprint density at radius 2 is 1.70 bits per heavy atom. The Morgan fingerprint density at radius 3 is 2.33 bits per heavy atom. The lowest BCUT2D eigenvalue weighted by Gasteiger charge is -2.09. The fourth-order valence-corrected chi connectivity index (χ4v) is 2.03. The maximum Gasteiger partial charge on any atom is 0.343 e. The van der Waals surface area contributed by atoms with E-state index in [1.165, 1.54) is 6.92 Å². The van der Waals surface area contributed by atoms with Gasteiger partial charge in [-0.15, -0.1) is 0 Å². The van der Waals surface area contributed by atoms with Crippen LogP contribution < -0.4 is 5.32 Å². The second kappa shape index (κ2) is 8.43. The predicted octanol–water partition coefficient (Wildman–Crippen LogP) is 4.12. The summed E-state index contributed by atoms with van der Waals surface area (Å²) < 4.78 is 71.5. The van der Waals surface area contributed by atoms with Crippen LogP contribution >= 0.6 is 0 Å². The maximum atomic E-state index is 13.9. The van der Waals surface area contributed by atoms with Gasteiger partial charge in [-0.25, -0.2) is 26.7 Å². The highest BCUT2D eigenvalue weighted by Crippen LogP contribution is 2.20. The number of nitrogens with one attached hydrogen (secondary N) is 1. The molecule has 0 amide bonds. The molecule has 0 saturated heterocycles. The van der Waals surface area contributed by atoms with Crippen LogP contribution in [0.2, 0.25) is 0 Å². The molecule has 0 bridgehead atoms. The van der Waals surface area contributed by atoms with E-state index in [4.69, 9.17) is 0 Å². The molecule has 1 N–H and O–H groups in total. The van der Waals surface area contributed by atoms with Crippen LogP contribution in [0.15, 0.2) is 42.1 Å². The first-order valence-corrected chi connectivity index (χ1v) is 7.53. The summed E-state index contributed by atoms with van der Waals surface area (Å²) in [5.74, 6) is -9.60. The number of hydrogen-bond acceptors (Lipinski definition) is 4. The number of ether oxygens (including phenoxy) is 1. The van der Waals surface area contributed by atoms with Crippen molar-refractivity contribution in [2.24, 2.45) is 0 Å². The van der Waals surface area contributed by atoms with Gasteiger partial charge < -0.3 is 10.1 Å². The van der Waals surface area contributed by atoms with Gasteiger partial charge in [0.05, 0.1) is 17.9 Å². The molecule has 0 atom stereocenters. The van der Waals surface area contributed by atoms with Crippen molar-refractivity contribution in [3.63, 3.8) is 0 Å². The Balaban J connectivity index is 2.43. The highest BCUT2D eigenvalue weighted by Gasteiger charge is 2.26. The molecule has 9 heteroatoms. The largest absolute Gasteiger partial charge is 0.462 e. The van der Waals surface area contributed by atoms with Gasteiger partial charge in [-0.05, 0) is 31.2 Å². The van der Waals surface area contributed by atoms with Gasteiger partial charge in [0.25, 0.3) is 0 Å². The summed E-state index contributed by atoms with van der Waals surface area (Å²) in [5, 5.41) is 2.26. The van der Waals surface area contributed by atoms with Crippen molar-refractivity contribution in [1.29, 1.82) is 0 Å². The van der Waals surface area contributed by atoms with Crippen molar-refractivity contribution < 1.29 is 36.3 Å². The zero-order valence-electron chi connectivity index (χ0n) is 13.8. The number of ketones is 1. The fourth-order valence-electron chi connectivity index (χ4n) is 2.03. The van der Waals surface area contributed by atoms with E-state index >= 15 is 0 Å². The Kier molecular flexibility index (Phi) is 6.27. The van der Waals surface area contributed by atoms with Crippen LogP contribution in [0.4, 0.5) is 27.6 Å². The predicted molar refractivity (Wildman–Crippen MR) is 85.3 cm³/mol. The molecule has 0 spiro atoms. The molecule has 0 aliphatic heterocycles. The molecule has 0 heterocycles. The second-order valence-corrected chi connectivity index (χ2v) is 5.10. The highest BCUT2D eigenvalue weighted by atomic mass is 19.2. The minimum Gasteiger partial charge on any atom is -0.462 e. The van der Waals surface area contributed by atoms with Crippen molar-refractivity contribution in [1.82, 2.24) is 0 Å². The number of rotatable bonds is 6. The van der Waals surface area contributed by atoms with Crippen LogP contribution in [0.3, 0.4) is 0 Å². The summed E-state index contributed by atoms with van der Waals surface area (Å²) in [7, 11) is 0. The van der Waals surface area contributed by atoms with E-state index in [-0.39, 0.29) is 12.3 Å². The van der Waals surface area contributed by atoms with Gasteiger partial charge >= 0.3 is 5.97 Å². The molecule has 0 aliphatic carbocycles. The molecule has 0 aromatic heterocycles. The molecule has 2 rings (SSSR count). The van der Waals surface area contributed by atoms with E-state index in [1.54, 1.807) is 0 Å². The summed E-state index contributed by atoms with van der Waals surface area (Å²) in [6.07, 6.45) is 0.706. The Hall–Kier alpha value is -3.23. The molecule has 0 aliphatic rings. The molecule has 4 nitrogen and oxygen atoms in total. The van der Waals surface area contributed by atoms with Gasteiger partial charge in [-0.3, -0.25) is 4.79 Å².